The molecule has 2 rings (SSSR count). The van der Waals surface area contributed by atoms with Gasteiger partial charge < -0.3 is 5.32 Å². The fourth-order valence-electron chi connectivity index (χ4n) is 2.60. The van der Waals surface area contributed by atoms with Crippen molar-refractivity contribution in [1.29, 1.82) is 0 Å². The number of halogens is 1. The standard InChI is InChI=1S/C14H21BrN2O2S/c1-16-9-12-6-7-14(13(15)8-12)20(18,19)17-10-11-4-2-3-5-11/h6-8,11,16-17H,2-5,9-10H2,1H3. The van der Waals surface area contributed by atoms with Crippen LogP contribution in [0.4, 0.5) is 0 Å². The molecule has 1 aliphatic rings. The molecule has 20 heavy (non-hydrogen) atoms. The molecule has 4 nitrogen and oxygen atoms in total. The van der Waals surface area contributed by atoms with Crippen LogP contribution in [0, 0.1) is 5.92 Å². The highest BCUT2D eigenvalue weighted by molar-refractivity contribution is 9.10. The first-order chi connectivity index (χ1) is 9.53. The summed E-state index contributed by atoms with van der Waals surface area (Å²) in [6.07, 6.45) is 4.69. The second-order valence-corrected chi connectivity index (χ2v) is 7.89. The summed E-state index contributed by atoms with van der Waals surface area (Å²) >= 11 is 3.36. The van der Waals surface area contributed by atoms with Crippen LogP contribution in [0.25, 0.3) is 0 Å². The maximum atomic E-state index is 12.3. The van der Waals surface area contributed by atoms with Gasteiger partial charge in [-0.25, -0.2) is 13.1 Å². The van der Waals surface area contributed by atoms with E-state index in [0.29, 0.717) is 28.4 Å². The first-order valence-electron chi connectivity index (χ1n) is 6.95. The van der Waals surface area contributed by atoms with Gasteiger partial charge in [0.15, 0.2) is 0 Å². The monoisotopic (exact) mass is 360 g/mol. The maximum Gasteiger partial charge on any atom is 0.241 e. The SMILES string of the molecule is CNCc1ccc(S(=O)(=O)NCC2CCCC2)c(Br)c1. The molecule has 0 bridgehead atoms. The Hall–Kier alpha value is -0.430. The molecule has 6 heteroatoms. The van der Waals surface area contributed by atoms with Crippen LogP contribution in [0.5, 0.6) is 0 Å². The van der Waals surface area contributed by atoms with Gasteiger partial charge in [0.05, 0.1) is 4.90 Å². The minimum atomic E-state index is -3.43. The van der Waals surface area contributed by atoms with Gasteiger partial charge in [-0.3, -0.25) is 0 Å². The quantitative estimate of drug-likeness (QED) is 0.819. The Bertz CT molecular complexity index is 554. The lowest BCUT2D eigenvalue weighted by Gasteiger charge is -2.13. The van der Waals surface area contributed by atoms with Crippen LogP contribution in [0.2, 0.25) is 0 Å². The molecule has 0 unspecified atom stereocenters. The van der Waals surface area contributed by atoms with Gasteiger partial charge in [0, 0.05) is 17.6 Å². The van der Waals surface area contributed by atoms with Crippen molar-refractivity contribution in [3.05, 3.63) is 28.2 Å². The van der Waals surface area contributed by atoms with Crippen molar-refractivity contribution in [3.8, 4) is 0 Å². The molecule has 0 aromatic heterocycles. The predicted octanol–water partition coefficient (Wildman–Crippen LogP) is 2.64. The number of hydrogen-bond donors (Lipinski definition) is 2. The highest BCUT2D eigenvalue weighted by atomic mass is 79.9. The average molecular weight is 361 g/mol. The van der Waals surface area contributed by atoms with E-state index in [1.807, 2.05) is 19.2 Å². The van der Waals surface area contributed by atoms with Gasteiger partial charge in [-0.05, 0) is 59.4 Å². The Kier molecular flexibility index (Phi) is 5.60. The van der Waals surface area contributed by atoms with Crippen molar-refractivity contribution in [2.24, 2.45) is 5.92 Å². The molecule has 0 atom stereocenters. The van der Waals surface area contributed by atoms with E-state index < -0.39 is 10.0 Å². The van der Waals surface area contributed by atoms with Gasteiger partial charge in [0.1, 0.15) is 0 Å². The molecule has 0 saturated heterocycles. The van der Waals surface area contributed by atoms with E-state index in [2.05, 4.69) is 26.0 Å². The van der Waals surface area contributed by atoms with Crippen LogP contribution in [0.3, 0.4) is 0 Å². The molecule has 2 N–H and O–H groups in total. The first-order valence-corrected chi connectivity index (χ1v) is 9.23. The summed E-state index contributed by atoms with van der Waals surface area (Å²) in [6, 6.07) is 5.35. The molecule has 1 aromatic carbocycles. The summed E-state index contributed by atoms with van der Waals surface area (Å²) in [5.74, 6) is 0.493. The minimum Gasteiger partial charge on any atom is -0.316 e. The molecule has 1 aliphatic carbocycles. The summed E-state index contributed by atoms with van der Waals surface area (Å²) in [5.41, 5.74) is 1.05. The van der Waals surface area contributed by atoms with Crippen molar-refractivity contribution in [2.45, 2.75) is 37.1 Å². The molecule has 1 saturated carbocycles. The summed E-state index contributed by atoms with van der Waals surface area (Å²) in [4.78, 5) is 0.315. The number of sulfonamides is 1. The Morgan fingerprint density at radius 2 is 2.00 bits per heavy atom. The fourth-order valence-corrected chi connectivity index (χ4v) is 4.84. The van der Waals surface area contributed by atoms with Crippen LogP contribution >= 0.6 is 15.9 Å². The summed E-state index contributed by atoms with van der Waals surface area (Å²) in [7, 11) is -1.56. The zero-order chi connectivity index (χ0) is 14.6. The Balaban J connectivity index is 2.08. The van der Waals surface area contributed by atoms with Crippen LogP contribution in [0.1, 0.15) is 31.2 Å². The van der Waals surface area contributed by atoms with Gasteiger partial charge in [0.25, 0.3) is 0 Å². The lowest BCUT2D eigenvalue weighted by molar-refractivity contribution is 0.519. The largest absolute Gasteiger partial charge is 0.316 e. The molecular formula is C14H21BrN2O2S. The molecule has 0 spiro atoms. The number of benzene rings is 1. The third kappa shape index (κ3) is 4.04. The zero-order valence-corrected chi connectivity index (χ0v) is 14.1. The fraction of sp³-hybridized carbons (Fsp3) is 0.571. The third-order valence-corrected chi connectivity index (χ3v) is 6.10. The Morgan fingerprint density at radius 1 is 1.30 bits per heavy atom. The second kappa shape index (κ2) is 7.02. The van der Waals surface area contributed by atoms with Crippen molar-refractivity contribution in [2.75, 3.05) is 13.6 Å². The molecule has 0 aliphatic heterocycles. The van der Waals surface area contributed by atoms with Crippen LogP contribution in [-0.4, -0.2) is 22.0 Å². The van der Waals surface area contributed by atoms with Crippen LogP contribution in [0.15, 0.2) is 27.6 Å². The zero-order valence-electron chi connectivity index (χ0n) is 11.7. The topological polar surface area (TPSA) is 58.2 Å². The van der Waals surface area contributed by atoms with Gasteiger partial charge in [-0.1, -0.05) is 18.9 Å². The van der Waals surface area contributed by atoms with E-state index in [9.17, 15) is 8.42 Å². The summed E-state index contributed by atoms with van der Waals surface area (Å²) < 4.78 is 28.0. The summed E-state index contributed by atoms with van der Waals surface area (Å²) in [6.45, 7) is 1.27. The van der Waals surface area contributed by atoms with Crippen molar-refractivity contribution < 1.29 is 8.42 Å². The average Bonchev–Trinajstić information content (AvgIpc) is 2.90. The highest BCUT2D eigenvalue weighted by Gasteiger charge is 2.21. The minimum absolute atomic E-state index is 0.315. The van der Waals surface area contributed by atoms with E-state index in [0.717, 1.165) is 18.4 Å². The number of rotatable bonds is 6. The maximum absolute atomic E-state index is 12.3. The smallest absolute Gasteiger partial charge is 0.241 e. The van der Waals surface area contributed by atoms with Gasteiger partial charge >= 0.3 is 0 Å². The third-order valence-electron chi connectivity index (χ3n) is 3.70. The lowest BCUT2D eigenvalue weighted by atomic mass is 10.1. The van der Waals surface area contributed by atoms with Crippen LogP contribution < -0.4 is 10.0 Å². The predicted molar refractivity (Wildman–Crippen MR) is 84.1 cm³/mol. The van der Waals surface area contributed by atoms with Crippen LogP contribution in [-0.2, 0) is 16.6 Å². The van der Waals surface area contributed by atoms with E-state index in [1.165, 1.54) is 12.8 Å². The molecule has 112 valence electrons. The van der Waals surface area contributed by atoms with Crippen molar-refractivity contribution in [1.82, 2.24) is 10.0 Å². The van der Waals surface area contributed by atoms with Gasteiger partial charge in [-0.2, -0.15) is 0 Å². The van der Waals surface area contributed by atoms with E-state index >= 15 is 0 Å². The van der Waals surface area contributed by atoms with E-state index in [1.54, 1.807) is 6.07 Å². The van der Waals surface area contributed by atoms with Crippen molar-refractivity contribution >= 4 is 26.0 Å². The second-order valence-electron chi connectivity index (χ2n) is 5.30. The molecule has 0 heterocycles. The molecule has 1 aromatic rings. The Labute approximate surface area is 129 Å². The molecular weight excluding hydrogens is 340 g/mol. The van der Waals surface area contributed by atoms with Gasteiger partial charge in [0.2, 0.25) is 10.0 Å². The van der Waals surface area contributed by atoms with Crippen molar-refractivity contribution in [3.63, 3.8) is 0 Å². The van der Waals surface area contributed by atoms with Gasteiger partial charge in [-0.15, -0.1) is 0 Å². The normalized spacial score (nSPS) is 16.7. The summed E-state index contributed by atoms with van der Waals surface area (Å²) in [5, 5.41) is 3.05. The Morgan fingerprint density at radius 3 is 2.60 bits per heavy atom. The number of nitrogens with one attached hydrogen (secondary N) is 2. The first kappa shape index (κ1) is 15.9. The molecule has 0 radical (unpaired) electrons. The molecule has 1 fully saturated rings. The lowest BCUT2D eigenvalue weighted by Crippen LogP contribution is -2.28. The van der Waals surface area contributed by atoms with E-state index in [-0.39, 0.29) is 0 Å². The number of hydrogen-bond acceptors (Lipinski definition) is 3. The molecule has 0 amide bonds. The van der Waals surface area contributed by atoms with E-state index in [4.69, 9.17) is 0 Å². The highest BCUT2D eigenvalue weighted by Crippen LogP contribution is 2.26.